The molecular formula is C54H95N7O20. The van der Waals surface area contributed by atoms with E-state index in [1.807, 2.05) is 0 Å². The fourth-order valence-electron chi connectivity index (χ4n) is 9.35. The Balaban J connectivity index is 1.75. The second-order valence-corrected chi connectivity index (χ2v) is 26.6. The molecule has 1 saturated carbocycles. The number of hydrogen-bond acceptors (Lipinski definition) is 21. The minimum absolute atomic E-state index is 0.0555. The monoisotopic (exact) mass is 1160 g/mol. The van der Waals surface area contributed by atoms with E-state index in [0.717, 1.165) is 4.90 Å². The highest BCUT2D eigenvalue weighted by Gasteiger charge is 2.55. The minimum Gasteiger partial charge on any atom is -0.466 e. The quantitative estimate of drug-likeness (QED) is 0.100. The fourth-order valence-corrected chi connectivity index (χ4v) is 9.35. The van der Waals surface area contributed by atoms with Crippen LogP contribution in [0.25, 0.3) is 0 Å². The van der Waals surface area contributed by atoms with Crippen LogP contribution < -0.4 is 26.6 Å². The number of carbonyl (C=O) groups excluding carboxylic acids is 6. The zero-order valence-electron chi connectivity index (χ0n) is 50.9. The number of nitrogens with one attached hydrogen (secondary N) is 5. The lowest BCUT2D eigenvalue weighted by atomic mass is 9.82. The molecule has 466 valence electrons. The third-order valence-electron chi connectivity index (χ3n) is 12.6. The lowest BCUT2D eigenvalue weighted by Crippen LogP contribution is -2.71. The minimum atomic E-state index is -1.95. The van der Waals surface area contributed by atoms with Crippen molar-refractivity contribution in [2.45, 2.75) is 257 Å². The van der Waals surface area contributed by atoms with Crippen LogP contribution in [0, 0.1) is 0 Å². The van der Waals surface area contributed by atoms with E-state index in [-0.39, 0.29) is 45.5 Å². The summed E-state index contributed by atoms with van der Waals surface area (Å²) in [4.78, 5) is 82.9. The molecule has 3 heterocycles. The number of hydrogen-bond donors (Lipinski definition) is 9. The summed E-state index contributed by atoms with van der Waals surface area (Å²) in [5.41, 5.74) is -7.42. The van der Waals surface area contributed by atoms with Gasteiger partial charge >= 0.3 is 30.5 Å². The Morgan fingerprint density at radius 1 is 0.716 bits per heavy atom. The smallest absolute Gasteiger partial charge is 0.412 e. The Bertz CT molecular complexity index is 2200. The van der Waals surface area contributed by atoms with E-state index in [1.54, 1.807) is 124 Å². The van der Waals surface area contributed by atoms with Crippen molar-refractivity contribution in [2.75, 3.05) is 39.9 Å². The SMILES string of the molecule is CN(C(=O)OC(C)(C)C)[C@@H]1[C@@H](O)[C@@H](O[C@@H]2[C@@H](O)[C@H](O[C@H]3OC(CNCC4COC(C)(C)N4C(=O)OC(C)(C)C)=CC[C@H]3NC(=O)OC(C)(C)C)[C@@H](NC(=O)OC(C)(C)C)C[C@H]2NC(=O)[C@@H](O)CCNC(=O)OC(C)(C)C)OC[C@]1(C)O. The molecule has 0 aromatic rings. The van der Waals surface area contributed by atoms with Gasteiger partial charge in [-0.3, -0.25) is 9.69 Å². The fraction of sp³-hybridized carbons (Fsp3) is 0.852. The van der Waals surface area contributed by atoms with Crippen LogP contribution in [0.3, 0.4) is 0 Å². The highest BCUT2D eigenvalue weighted by Crippen LogP contribution is 2.36. The van der Waals surface area contributed by atoms with Crippen molar-refractivity contribution in [3.63, 3.8) is 0 Å². The number of aliphatic hydroxyl groups is 4. The average molecular weight is 1160 g/mol. The van der Waals surface area contributed by atoms with Crippen molar-refractivity contribution in [2.24, 2.45) is 0 Å². The van der Waals surface area contributed by atoms with E-state index in [4.69, 9.17) is 47.4 Å². The van der Waals surface area contributed by atoms with Gasteiger partial charge in [0, 0.05) is 20.1 Å². The van der Waals surface area contributed by atoms with E-state index in [0.29, 0.717) is 5.76 Å². The van der Waals surface area contributed by atoms with Gasteiger partial charge < -0.3 is 99.3 Å². The topological polar surface area (TPSA) is 342 Å². The third-order valence-corrected chi connectivity index (χ3v) is 12.6. The van der Waals surface area contributed by atoms with Crippen molar-refractivity contribution >= 4 is 36.4 Å². The van der Waals surface area contributed by atoms with E-state index >= 15 is 0 Å². The van der Waals surface area contributed by atoms with Gasteiger partial charge in [0.2, 0.25) is 12.2 Å². The summed E-state index contributed by atoms with van der Waals surface area (Å²) >= 11 is 0. The summed E-state index contributed by atoms with van der Waals surface area (Å²) < 4.78 is 59.3. The normalized spacial score (nSPS) is 29.4. The molecule has 4 rings (SSSR count). The lowest BCUT2D eigenvalue weighted by Gasteiger charge is -2.50. The average Bonchev–Trinajstić information content (AvgIpc) is 3.63. The highest BCUT2D eigenvalue weighted by atomic mass is 16.7. The number of rotatable bonds is 16. The van der Waals surface area contributed by atoms with Crippen LogP contribution in [-0.2, 0) is 52.2 Å². The van der Waals surface area contributed by atoms with E-state index in [1.165, 1.54) is 18.9 Å². The molecule has 0 radical (unpaired) electrons. The third kappa shape index (κ3) is 21.3. The summed E-state index contributed by atoms with van der Waals surface area (Å²) in [6, 6.07) is -5.63. The molecule has 27 nitrogen and oxygen atoms in total. The van der Waals surface area contributed by atoms with Crippen molar-refractivity contribution in [3.8, 4) is 0 Å². The largest absolute Gasteiger partial charge is 0.466 e. The summed E-state index contributed by atoms with van der Waals surface area (Å²) in [6.07, 6.45) is -15.0. The zero-order valence-corrected chi connectivity index (χ0v) is 50.9. The Hall–Kier alpha value is -5.00. The summed E-state index contributed by atoms with van der Waals surface area (Å²) in [7, 11) is 1.31. The highest BCUT2D eigenvalue weighted by molar-refractivity contribution is 5.81. The van der Waals surface area contributed by atoms with Gasteiger partial charge in [0.1, 0.15) is 75.6 Å². The van der Waals surface area contributed by atoms with Crippen LogP contribution in [0.4, 0.5) is 24.0 Å². The molecule has 9 N–H and O–H groups in total. The van der Waals surface area contributed by atoms with Crippen LogP contribution in [0.2, 0.25) is 0 Å². The first-order valence-corrected chi connectivity index (χ1v) is 27.5. The summed E-state index contributed by atoms with van der Waals surface area (Å²) in [5.74, 6) is -0.690. The Morgan fingerprint density at radius 3 is 1.77 bits per heavy atom. The molecule has 81 heavy (non-hydrogen) atoms. The maximum atomic E-state index is 14.0. The molecule has 1 unspecified atom stereocenters. The Labute approximate surface area is 476 Å². The number of nitrogens with zero attached hydrogens (tertiary/aromatic N) is 2. The van der Waals surface area contributed by atoms with Crippen LogP contribution in [0.15, 0.2) is 11.8 Å². The number of ether oxygens (including phenoxy) is 10. The molecule has 0 aromatic carbocycles. The molecule has 0 spiro atoms. The van der Waals surface area contributed by atoms with Crippen molar-refractivity contribution < 1.29 is 96.6 Å². The van der Waals surface area contributed by atoms with Gasteiger partial charge in [-0.1, -0.05) is 0 Å². The number of amides is 6. The Morgan fingerprint density at radius 2 is 1.22 bits per heavy atom. The van der Waals surface area contributed by atoms with Crippen molar-refractivity contribution in [1.82, 2.24) is 36.4 Å². The van der Waals surface area contributed by atoms with Gasteiger partial charge in [0.15, 0.2) is 6.29 Å². The van der Waals surface area contributed by atoms with Crippen LogP contribution in [0.1, 0.15) is 144 Å². The molecule has 4 aliphatic rings. The second kappa shape index (κ2) is 26.7. The van der Waals surface area contributed by atoms with E-state index in [9.17, 15) is 49.2 Å². The molecule has 2 saturated heterocycles. The molecular weight excluding hydrogens is 1070 g/mol. The standard InChI is InChI=1S/C54H95N7O20/c1-48(2,3)77-43(66)56-23-22-34(62)40(65)57-32-24-33(59-45(68)79-50(7,8)9)38(35(63)37(32)76-42-36(64)39(54(18,71)28-72-42)60(19)46(69)80-51(10,11)12)75-41-31(58-44(67)78-49(4,5)6)21-20-30(74-41)26-55-25-29-27-73-53(16,17)61(29)47(70)81-52(13,14)15/h20,29,31-39,41-42,55,62-64,71H,21-28H2,1-19H3,(H,56,66)(H,57,65)(H,58,67)(H,59,68)/t29?,31-,32-,33+,34+,35-,36-,37+,38-,39-,41-,42-,54+/m1/s1. The summed E-state index contributed by atoms with van der Waals surface area (Å²) in [6.45, 7) is 29.7. The number of likely N-dealkylation sites (N-methyl/N-ethyl adjacent to an activating group) is 1. The lowest BCUT2D eigenvalue weighted by molar-refractivity contribution is -0.311. The van der Waals surface area contributed by atoms with Gasteiger partial charge in [-0.2, -0.15) is 0 Å². The van der Waals surface area contributed by atoms with Crippen molar-refractivity contribution in [3.05, 3.63) is 11.8 Å². The van der Waals surface area contributed by atoms with Crippen LogP contribution in [-0.4, -0.2) is 219 Å². The predicted molar refractivity (Wildman–Crippen MR) is 290 cm³/mol. The van der Waals surface area contributed by atoms with Gasteiger partial charge in [-0.05, 0) is 150 Å². The molecule has 1 aliphatic carbocycles. The van der Waals surface area contributed by atoms with Gasteiger partial charge in [-0.25, -0.2) is 24.0 Å². The number of aliphatic hydroxyl groups excluding tert-OH is 3. The van der Waals surface area contributed by atoms with Gasteiger partial charge in [0.05, 0.1) is 50.0 Å². The molecule has 27 heteroatoms. The molecule has 3 aliphatic heterocycles. The number of carbonyl (C=O) groups is 6. The molecule has 3 fully saturated rings. The summed E-state index contributed by atoms with van der Waals surface area (Å²) in [5, 5.41) is 61.5. The zero-order chi connectivity index (χ0) is 61.6. The first-order valence-electron chi connectivity index (χ1n) is 27.5. The van der Waals surface area contributed by atoms with E-state index in [2.05, 4.69) is 26.6 Å². The van der Waals surface area contributed by atoms with Crippen LogP contribution >= 0.6 is 0 Å². The van der Waals surface area contributed by atoms with Crippen molar-refractivity contribution in [1.29, 1.82) is 0 Å². The first-order chi connectivity index (χ1) is 36.8. The second-order valence-electron chi connectivity index (χ2n) is 26.6. The number of alkyl carbamates (subject to hydrolysis) is 3. The Kier molecular flexibility index (Phi) is 22.6. The molecule has 6 amide bonds. The van der Waals surface area contributed by atoms with Gasteiger partial charge in [-0.15, -0.1) is 0 Å². The van der Waals surface area contributed by atoms with Gasteiger partial charge in [0.25, 0.3) is 0 Å². The maximum Gasteiger partial charge on any atom is 0.412 e. The molecule has 0 bridgehead atoms. The maximum absolute atomic E-state index is 14.0. The van der Waals surface area contributed by atoms with Crippen LogP contribution in [0.5, 0.6) is 0 Å². The molecule has 0 aromatic heterocycles. The first kappa shape index (κ1) is 68.5. The molecule has 13 atom stereocenters. The predicted octanol–water partition coefficient (Wildman–Crippen LogP) is 3.36. The van der Waals surface area contributed by atoms with E-state index < -0.39 is 156 Å².